The Kier molecular flexibility index (Phi) is 3.92. The van der Waals surface area contributed by atoms with Crippen molar-refractivity contribution >= 4 is 17.5 Å². The fourth-order valence-electron chi connectivity index (χ4n) is 4.84. The van der Waals surface area contributed by atoms with Crippen molar-refractivity contribution in [2.24, 2.45) is 14.1 Å². The molecule has 0 bridgehead atoms. The van der Waals surface area contributed by atoms with E-state index in [2.05, 4.69) is 10.4 Å². The summed E-state index contributed by atoms with van der Waals surface area (Å²) in [6.45, 7) is 0.420. The summed E-state index contributed by atoms with van der Waals surface area (Å²) in [6.07, 6.45) is 5.62. The number of para-hydroxylation sites is 1. The van der Waals surface area contributed by atoms with Crippen LogP contribution in [-0.2, 0) is 24.3 Å². The number of nitrogens with zero attached hydrogens (tertiary/aromatic N) is 4. The third-order valence-corrected chi connectivity index (χ3v) is 6.22. The topological polar surface area (TPSA) is 89.2 Å². The number of fused-ring (bicyclic) bond motifs is 2. The van der Waals surface area contributed by atoms with E-state index in [9.17, 15) is 14.4 Å². The minimum Gasteiger partial charge on any atom is -0.330 e. The summed E-state index contributed by atoms with van der Waals surface area (Å²) in [4.78, 5) is 40.3. The van der Waals surface area contributed by atoms with Gasteiger partial charge < -0.3 is 14.8 Å². The Bertz CT molecular complexity index is 1240. The molecular formula is C22H21N5O3. The summed E-state index contributed by atoms with van der Waals surface area (Å²) in [7, 11) is 3.43. The van der Waals surface area contributed by atoms with Crippen LogP contribution in [0.3, 0.4) is 0 Å². The van der Waals surface area contributed by atoms with Gasteiger partial charge in [0.2, 0.25) is 11.5 Å². The fraction of sp³-hybridized carbons (Fsp3) is 0.273. The average Bonchev–Trinajstić information content (AvgIpc) is 3.41. The van der Waals surface area contributed by atoms with E-state index in [0.717, 1.165) is 16.8 Å². The quantitative estimate of drug-likeness (QED) is 0.704. The molecule has 0 radical (unpaired) electrons. The first-order chi connectivity index (χ1) is 14.4. The predicted molar refractivity (Wildman–Crippen MR) is 110 cm³/mol. The van der Waals surface area contributed by atoms with Gasteiger partial charge in [0.05, 0.1) is 17.8 Å². The van der Waals surface area contributed by atoms with E-state index < -0.39 is 11.5 Å². The van der Waals surface area contributed by atoms with E-state index >= 15 is 0 Å². The number of hydrogen-bond donors (Lipinski definition) is 1. The van der Waals surface area contributed by atoms with Crippen LogP contribution in [0.25, 0.3) is 0 Å². The summed E-state index contributed by atoms with van der Waals surface area (Å²) in [6, 6.07) is 10.1. The number of carbonyl (C=O) groups excluding carboxylic acids is 2. The van der Waals surface area contributed by atoms with Crippen molar-refractivity contribution in [1.29, 1.82) is 0 Å². The SMILES string of the molecule is Cn1cc([C@@H]2N(C(=O)c3ccc(=O)n(C)c3)CC[C@]23C(=O)Nc2ccccc23)cn1. The molecular weight excluding hydrogens is 382 g/mol. The van der Waals surface area contributed by atoms with Gasteiger partial charge in [-0.15, -0.1) is 0 Å². The zero-order valence-corrected chi connectivity index (χ0v) is 16.7. The number of aryl methyl sites for hydroxylation is 2. The van der Waals surface area contributed by atoms with Gasteiger partial charge in [-0.1, -0.05) is 18.2 Å². The summed E-state index contributed by atoms with van der Waals surface area (Å²) in [5, 5.41) is 7.29. The van der Waals surface area contributed by atoms with E-state index in [4.69, 9.17) is 0 Å². The number of rotatable bonds is 2. The highest BCUT2D eigenvalue weighted by atomic mass is 16.2. The lowest BCUT2D eigenvalue weighted by molar-refractivity contribution is -0.121. The van der Waals surface area contributed by atoms with Crippen LogP contribution < -0.4 is 10.9 Å². The Labute approximate surface area is 172 Å². The van der Waals surface area contributed by atoms with Crippen molar-refractivity contribution in [2.75, 3.05) is 11.9 Å². The first-order valence-electron chi connectivity index (χ1n) is 9.79. The van der Waals surface area contributed by atoms with E-state index in [1.807, 2.05) is 37.5 Å². The smallest absolute Gasteiger partial charge is 0.255 e. The number of carbonyl (C=O) groups is 2. The summed E-state index contributed by atoms with van der Waals surface area (Å²) in [5.74, 6) is -0.318. The van der Waals surface area contributed by atoms with Crippen molar-refractivity contribution in [3.63, 3.8) is 0 Å². The third kappa shape index (κ3) is 2.46. The molecule has 0 aliphatic carbocycles. The van der Waals surface area contributed by atoms with Gasteiger partial charge in [-0.05, 0) is 24.1 Å². The molecule has 4 heterocycles. The molecule has 1 aromatic carbocycles. The van der Waals surface area contributed by atoms with Gasteiger partial charge in [0.25, 0.3) is 5.91 Å². The van der Waals surface area contributed by atoms with E-state index in [1.54, 1.807) is 35.1 Å². The van der Waals surface area contributed by atoms with Crippen molar-refractivity contribution in [3.05, 3.63) is 82.0 Å². The molecule has 1 fully saturated rings. The van der Waals surface area contributed by atoms with Crippen LogP contribution in [-0.4, -0.2) is 37.6 Å². The molecule has 1 spiro atoms. The first kappa shape index (κ1) is 18.4. The minimum atomic E-state index is -0.879. The van der Waals surface area contributed by atoms with Crippen LogP contribution in [0.2, 0.25) is 0 Å². The number of nitrogens with one attached hydrogen (secondary N) is 1. The lowest BCUT2D eigenvalue weighted by atomic mass is 9.73. The Morgan fingerprint density at radius 3 is 2.67 bits per heavy atom. The Morgan fingerprint density at radius 1 is 1.13 bits per heavy atom. The Morgan fingerprint density at radius 2 is 1.93 bits per heavy atom. The van der Waals surface area contributed by atoms with Gasteiger partial charge in [-0.2, -0.15) is 5.10 Å². The zero-order chi connectivity index (χ0) is 21.0. The Hall–Kier alpha value is -3.68. The molecule has 2 atom stereocenters. The van der Waals surface area contributed by atoms with Crippen LogP contribution in [0.1, 0.15) is 33.9 Å². The maximum atomic E-state index is 13.5. The molecule has 30 heavy (non-hydrogen) atoms. The highest BCUT2D eigenvalue weighted by Gasteiger charge is 2.59. The van der Waals surface area contributed by atoms with Crippen molar-refractivity contribution in [3.8, 4) is 0 Å². The number of aromatic nitrogens is 3. The van der Waals surface area contributed by atoms with Gasteiger partial charge in [0, 0.05) is 50.4 Å². The largest absolute Gasteiger partial charge is 0.330 e. The zero-order valence-electron chi connectivity index (χ0n) is 16.7. The second-order valence-electron chi connectivity index (χ2n) is 7.94. The molecule has 0 unspecified atom stereocenters. The third-order valence-electron chi connectivity index (χ3n) is 6.22. The van der Waals surface area contributed by atoms with Crippen LogP contribution >= 0.6 is 0 Å². The Balaban J connectivity index is 1.66. The summed E-state index contributed by atoms with van der Waals surface area (Å²) >= 11 is 0. The monoisotopic (exact) mass is 403 g/mol. The maximum Gasteiger partial charge on any atom is 0.255 e. The van der Waals surface area contributed by atoms with E-state index in [1.165, 1.54) is 10.6 Å². The van der Waals surface area contributed by atoms with E-state index in [0.29, 0.717) is 18.5 Å². The van der Waals surface area contributed by atoms with Crippen molar-refractivity contribution in [2.45, 2.75) is 17.9 Å². The van der Waals surface area contributed by atoms with Gasteiger partial charge in [-0.3, -0.25) is 19.1 Å². The number of likely N-dealkylation sites (tertiary alicyclic amines) is 1. The molecule has 1 saturated heterocycles. The van der Waals surface area contributed by atoms with Crippen molar-refractivity contribution in [1.82, 2.24) is 19.2 Å². The molecule has 3 aromatic rings. The molecule has 2 aliphatic rings. The van der Waals surface area contributed by atoms with Crippen LogP contribution in [0.4, 0.5) is 5.69 Å². The van der Waals surface area contributed by atoms with Crippen LogP contribution in [0.5, 0.6) is 0 Å². The predicted octanol–water partition coefficient (Wildman–Crippen LogP) is 1.60. The maximum absolute atomic E-state index is 13.5. The number of amides is 2. The molecule has 2 amide bonds. The average molecular weight is 403 g/mol. The normalized spacial score (nSPS) is 22.4. The highest BCUT2D eigenvalue weighted by molar-refractivity contribution is 6.08. The number of benzene rings is 1. The highest BCUT2D eigenvalue weighted by Crippen LogP contribution is 2.54. The number of hydrogen-bond acceptors (Lipinski definition) is 4. The number of anilines is 1. The molecule has 5 rings (SSSR count). The molecule has 2 aliphatic heterocycles. The van der Waals surface area contributed by atoms with Gasteiger partial charge in [-0.25, -0.2) is 0 Å². The fourth-order valence-corrected chi connectivity index (χ4v) is 4.84. The lowest BCUT2D eigenvalue weighted by Crippen LogP contribution is -2.42. The number of pyridine rings is 1. The molecule has 1 N–H and O–H groups in total. The summed E-state index contributed by atoms with van der Waals surface area (Å²) in [5.41, 5.74) is 1.84. The lowest BCUT2D eigenvalue weighted by Gasteiger charge is -2.33. The van der Waals surface area contributed by atoms with Crippen molar-refractivity contribution < 1.29 is 9.59 Å². The van der Waals surface area contributed by atoms with Crippen LogP contribution in [0.15, 0.2) is 59.8 Å². The van der Waals surface area contributed by atoms with E-state index in [-0.39, 0.29) is 17.4 Å². The van der Waals surface area contributed by atoms with Crippen LogP contribution in [0, 0.1) is 0 Å². The summed E-state index contributed by atoms with van der Waals surface area (Å²) < 4.78 is 3.06. The second-order valence-corrected chi connectivity index (χ2v) is 7.94. The van der Waals surface area contributed by atoms with Gasteiger partial charge >= 0.3 is 0 Å². The molecule has 2 aromatic heterocycles. The molecule has 8 nitrogen and oxygen atoms in total. The molecule has 152 valence electrons. The standard InChI is InChI=1S/C22H21N5O3/c1-25-12-14(7-8-18(25)28)20(29)27-10-9-22(19(27)15-11-23-26(2)13-15)16-5-3-4-6-17(16)24-21(22)30/h3-8,11-13,19H,9-10H2,1-2H3,(H,24,30)/t19-,22+/m0/s1. The first-order valence-corrected chi connectivity index (χ1v) is 9.79. The molecule has 8 heteroatoms. The minimum absolute atomic E-state index is 0.103. The van der Waals surface area contributed by atoms with Gasteiger partial charge in [0.15, 0.2) is 0 Å². The molecule has 0 saturated carbocycles. The van der Waals surface area contributed by atoms with Gasteiger partial charge in [0.1, 0.15) is 5.41 Å². The second kappa shape index (κ2) is 6.41.